The van der Waals surface area contributed by atoms with Crippen LogP contribution in [0.3, 0.4) is 0 Å². The molecule has 0 atom stereocenters. The van der Waals surface area contributed by atoms with Crippen molar-refractivity contribution in [3.05, 3.63) is 0 Å². The number of nitrogens with two attached hydrogens (primary N) is 1. The first-order valence-electron chi connectivity index (χ1n) is 6.62. The van der Waals surface area contributed by atoms with Gasteiger partial charge < -0.3 is 10.6 Å². The second-order valence-corrected chi connectivity index (χ2v) is 6.13. The number of carbonyl (C=O) groups is 1. The minimum absolute atomic E-state index is 0.201. The molecule has 0 aromatic rings. The van der Waals surface area contributed by atoms with Gasteiger partial charge in [-0.25, -0.2) is 0 Å². The highest BCUT2D eigenvalue weighted by molar-refractivity contribution is 7.80. The van der Waals surface area contributed by atoms with Crippen LogP contribution >= 0.6 is 12.2 Å². The molecule has 0 aromatic carbocycles. The van der Waals surface area contributed by atoms with Gasteiger partial charge in [-0.05, 0) is 38.0 Å². The predicted octanol–water partition coefficient (Wildman–Crippen LogP) is 2.09. The van der Waals surface area contributed by atoms with Crippen molar-refractivity contribution in [2.75, 3.05) is 6.54 Å². The standard InChI is InChI=1S/C13H22N2OS/c1-3-6-15(10-4-5-10)12(16)13(11(14)17)7-9(2)8-13/h9-10H,3-8H2,1-2H3,(H2,14,17). The van der Waals surface area contributed by atoms with Gasteiger partial charge in [0.2, 0.25) is 5.91 Å². The summed E-state index contributed by atoms with van der Waals surface area (Å²) in [6.45, 7) is 5.12. The third-order valence-corrected chi connectivity index (χ3v) is 4.38. The van der Waals surface area contributed by atoms with E-state index in [0.29, 0.717) is 16.9 Å². The number of amides is 1. The Kier molecular flexibility index (Phi) is 3.43. The summed E-state index contributed by atoms with van der Waals surface area (Å²) in [5.74, 6) is 0.774. The van der Waals surface area contributed by atoms with Crippen LogP contribution in [-0.4, -0.2) is 28.4 Å². The van der Waals surface area contributed by atoms with E-state index in [0.717, 1.165) is 38.6 Å². The number of hydrogen-bond donors (Lipinski definition) is 1. The molecule has 2 rings (SSSR count). The quantitative estimate of drug-likeness (QED) is 0.764. The average molecular weight is 254 g/mol. The predicted molar refractivity (Wildman–Crippen MR) is 72.6 cm³/mol. The van der Waals surface area contributed by atoms with Gasteiger partial charge in [0, 0.05) is 12.6 Å². The van der Waals surface area contributed by atoms with Crippen molar-refractivity contribution < 1.29 is 4.79 Å². The Labute approximate surface area is 109 Å². The molecule has 2 saturated carbocycles. The lowest BCUT2D eigenvalue weighted by molar-refractivity contribution is -0.144. The van der Waals surface area contributed by atoms with Crippen LogP contribution in [0.25, 0.3) is 0 Å². The number of thiocarbonyl (C=S) groups is 1. The molecule has 0 heterocycles. The van der Waals surface area contributed by atoms with E-state index in [-0.39, 0.29) is 5.91 Å². The molecule has 4 heteroatoms. The molecule has 0 aromatic heterocycles. The summed E-state index contributed by atoms with van der Waals surface area (Å²) in [5, 5.41) is 0. The van der Waals surface area contributed by atoms with Crippen LogP contribution in [0.15, 0.2) is 0 Å². The normalized spacial score (nSPS) is 31.8. The maximum atomic E-state index is 12.7. The highest BCUT2D eigenvalue weighted by Crippen LogP contribution is 2.48. The molecule has 0 radical (unpaired) electrons. The Bertz CT molecular complexity index is 332. The van der Waals surface area contributed by atoms with Gasteiger partial charge in [0.25, 0.3) is 0 Å². The summed E-state index contributed by atoms with van der Waals surface area (Å²) >= 11 is 5.15. The third-order valence-electron chi connectivity index (χ3n) is 3.99. The van der Waals surface area contributed by atoms with Crippen LogP contribution in [-0.2, 0) is 4.79 Å². The van der Waals surface area contributed by atoms with Gasteiger partial charge >= 0.3 is 0 Å². The fourth-order valence-electron chi connectivity index (χ4n) is 2.96. The topological polar surface area (TPSA) is 46.3 Å². The van der Waals surface area contributed by atoms with Crippen LogP contribution in [0, 0.1) is 11.3 Å². The maximum Gasteiger partial charge on any atom is 0.235 e. The van der Waals surface area contributed by atoms with E-state index in [1.807, 2.05) is 4.90 Å². The second kappa shape index (κ2) is 4.56. The highest BCUT2D eigenvalue weighted by atomic mass is 32.1. The molecule has 96 valence electrons. The summed E-state index contributed by atoms with van der Waals surface area (Å²) in [5.41, 5.74) is 5.33. The zero-order valence-corrected chi connectivity index (χ0v) is 11.6. The lowest BCUT2D eigenvalue weighted by Gasteiger charge is -2.46. The lowest BCUT2D eigenvalue weighted by Crippen LogP contribution is -2.57. The van der Waals surface area contributed by atoms with Gasteiger partial charge in [-0.1, -0.05) is 26.1 Å². The molecule has 17 heavy (non-hydrogen) atoms. The molecule has 2 aliphatic rings. The molecule has 1 amide bonds. The molecule has 0 saturated heterocycles. The van der Waals surface area contributed by atoms with E-state index in [1.54, 1.807) is 0 Å². The minimum Gasteiger partial charge on any atom is -0.392 e. The van der Waals surface area contributed by atoms with Gasteiger partial charge in [0.05, 0.1) is 10.4 Å². The van der Waals surface area contributed by atoms with Crippen molar-refractivity contribution in [3.8, 4) is 0 Å². The van der Waals surface area contributed by atoms with Gasteiger partial charge in [0.1, 0.15) is 0 Å². The van der Waals surface area contributed by atoms with Gasteiger partial charge in [-0.2, -0.15) is 0 Å². The molecule has 2 N–H and O–H groups in total. The van der Waals surface area contributed by atoms with Crippen molar-refractivity contribution in [2.45, 2.75) is 52.0 Å². The number of rotatable bonds is 5. The Balaban J connectivity index is 2.12. The lowest BCUT2D eigenvalue weighted by atomic mass is 9.61. The molecule has 0 spiro atoms. The van der Waals surface area contributed by atoms with E-state index in [9.17, 15) is 4.79 Å². The summed E-state index contributed by atoms with van der Waals surface area (Å²) in [7, 11) is 0. The SMILES string of the molecule is CCCN(C(=O)C1(C(N)=S)CC(C)C1)C1CC1. The van der Waals surface area contributed by atoms with E-state index in [2.05, 4.69) is 13.8 Å². The van der Waals surface area contributed by atoms with E-state index in [1.165, 1.54) is 0 Å². The fourth-order valence-corrected chi connectivity index (χ4v) is 3.22. The molecule has 2 aliphatic carbocycles. The smallest absolute Gasteiger partial charge is 0.235 e. The second-order valence-electron chi connectivity index (χ2n) is 5.69. The summed E-state index contributed by atoms with van der Waals surface area (Å²) < 4.78 is 0. The van der Waals surface area contributed by atoms with Crippen molar-refractivity contribution in [1.82, 2.24) is 4.90 Å². The van der Waals surface area contributed by atoms with Crippen LogP contribution in [0.5, 0.6) is 0 Å². The van der Waals surface area contributed by atoms with E-state index in [4.69, 9.17) is 18.0 Å². The van der Waals surface area contributed by atoms with Crippen molar-refractivity contribution in [1.29, 1.82) is 0 Å². The number of hydrogen-bond acceptors (Lipinski definition) is 2. The summed E-state index contributed by atoms with van der Waals surface area (Å²) in [4.78, 5) is 15.1. The van der Waals surface area contributed by atoms with Crippen molar-refractivity contribution in [2.24, 2.45) is 17.1 Å². The zero-order chi connectivity index (χ0) is 12.6. The van der Waals surface area contributed by atoms with Crippen LogP contribution in [0.4, 0.5) is 0 Å². The molecule has 0 aliphatic heterocycles. The first-order chi connectivity index (χ1) is 8.01. The summed E-state index contributed by atoms with van der Waals surface area (Å²) in [6.07, 6.45) is 4.98. The Hall–Kier alpha value is -0.640. The molecule has 2 fully saturated rings. The van der Waals surface area contributed by atoms with Crippen molar-refractivity contribution in [3.63, 3.8) is 0 Å². The van der Waals surface area contributed by atoms with Gasteiger partial charge in [0.15, 0.2) is 0 Å². The minimum atomic E-state index is -0.507. The van der Waals surface area contributed by atoms with E-state index >= 15 is 0 Å². The first kappa shape index (κ1) is 12.8. The number of carbonyl (C=O) groups excluding carboxylic acids is 1. The van der Waals surface area contributed by atoms with Crippen LogP contribution in [0.2, 0.25) is 0 Å². The summed E-state index contributed by atoms with van der Waals surface area (Å²) in [6, 6.07) is 0.463. The van der Waals surface area contributed by atoms with Gasteiger partial charge in [-0.15, -0.1) is 0 Å². The molecular formula is C13H22N2OS. The molecular weight excluding hydrogens is 232 g/mol. The third kappa shape index (κ3) is 2.19. The monoisotopic (exact) mass is 254 g/mol. The maximum absolute atomic E-state index is 12.7. The Morgan fingerprint density at radius 1 is 1.47 bits per heavy atom. The largest absolute Gasteiger partial charge is 0.392 e. The average Bonchev–Trinajstić information content (AvgIpc) is 3.03. The van der Waals surface area contributed by atoms with Gasteiger partial charge in [-0.3, -0.25) is 4.79 Å². The van der Waals surface area contributed by atoms with Crippen LogP contribution in [0.1, 0.15) is 46.0 Å². The van der Waals surface area contributed by atoms with E-state index < -0.39 is 5.41 Å². The first-order valence-corrected chi connectivity index (χ1v) is 7.03. The molecule has 3 nitrogen and oxygen atoms in total. The fraction of sp³-hybridized carbons (Fsp3) is 0.846. The Morgan fingerprint density at radius 2 is 2.06 bits per heavy atom. The zero-order valence-electron chi connectivity index (χ0n) is 10.7. The number of nitrogens with zero attached hydrogens (tertiary/aromatic N) is 1. The van der Waals surface area contributed by atoms with Crippen LogP contribution < -0.4 is 5.73 Å². The highest BCUT2D eigenvalue weighted by Gasteiger charge is 2.53. The molecule has 0 unspecified atom stereocenters. The molecule has 0 bridgehead atoms. The van der Waals surface area contributed by atoms with Crippen molar-refractivity contribution >= 4 is 23.1 Å². The Morgan fingerprint density at radius 3 is 2.41 bits per heavy atom.